The van der Waals surface area contributed by atoms with E-state index < -0.39 is 0 Å². The summed E-state index contributed by atoms with van der Waals surface area (Å²) >= 11 is 3.78. The summed E-state index contributed by atoms with van der Waals surface area (Å²) in [5.41, 5.74) is 5.45. The van der Waals surface area contributed by atoms with Crippen LogP contribution in [0.15, 0.2) is 53.5 Å². The number of piperidine rings is 1. The fourth-order valence-electron chi connectivity index (χ4n) is 4.61. The number of carbonyl (C=O) groups is 1. The Labute approximate surface area is 218 Å². The third-order valence-corrected chi connectivity index (χ3v) is 7.25. The molecule has 0 aliphatic carbocycles. The molecule has 1 fully saturated rings. The van der Waals surface area contributed by atoms with Crippen LogP contribution in [0, 0.1) is 0 Å². The van der Waals surface area contributed by atoms with Gasteiger partial charge in [0.25, 0.3) is 0 Å². The van der Waals surface area contributed by atoms with Crippen molar-refractivity contribution in [3.63, 3.8) is 0 Å². The summed E-state index contributed by atoms with van der Waals surface area (Å²) in [5.74, 6) is 1.08. The second-order valence-corrected chi connectivity index (χ2v) is 10.0. The standard InChI is InChI=1S/C26H29BrN8O/c1-16(2)32-26(36)34-11-8-17(9-12-34)23-22(27)25(28-3)35-24(33-23)20(15-31-35)18-6-7-21(30-14-18)19-5-4-10-29-13-19/h4-7,10,13-17,28H,8-9,11-12H2,1-3H3,(H,32,36). The summed E-state index contributed by atoms with van der Waals surface area (Å²) in [6.07, 6.45) is 8.94. The van der Waals surface area contributed by atoms with Crippen LogP contribution in [0.1, 0.15) is 38.3 Å². The van der Waals surface area contributed by atoms with E-state index in [1.807, 2.05) is 67.0 Å². The highest BCUT2D eigenvalue weighted by molar-refractivity contribution is 9.10. The summed E-state index contributed by atoms with van der Waals surface area (Å²) in [7, 11) is 1.88. The lowest BCUT2D eigenvalue weighted by Crippen LogP contribution is -2.46. The van der Waals surface area contributed by atoms with Crippen LogP contribution in [0.2, 0.25) is 0 Å². The number of rotatable bonds is 5. The molecule has 4 aromatic heterocycles. The van der Waals surface area contributed by atoms with Gasteiger partial charge in [0, 0.05) is 67.4 Å². The molecule has 0 bridgehead atoms. The molecule has 0 spiro atoms. The number of aromatic nitrogens is 5. The van der Waals surface area contributed by atoms with Gasteiger partial charge in [0.2, 0.25) is 0 Å². The van der Waals surface area contributed by atoms with Gasteiger partial charge in [-0.2, -0.15) is 9.61 Å². The molecule has 186 valence electrons. The minimum Gasteiger partial charge on any atom is -0.372 e. The molecule has 0 radical (unpaired) electrons. The van der Waals surface area contributed by atoms with Crippen molar-refractivity contribution in [1.82, 2.24) is 34.8 Å². The fraction of sp³-hybridized carbons (Fsp3) is 0.346. The lowest BCUT2D eigenvalue weighted by Gasteiger charge is -2.33. The number of amides is 2. The van der Waals surface area contributed by atoms with Gasteiger partial charge in [0.05, 0.1) is 22.1 Å². The maximum absolute atomic E-state index is 12.4. The Hall–Kier alpha value is -3.53. The number of anilines is 1. The first kappa shape index (κ1) is 24.2. The molecular formula is C26H29BrN8O. The first-order valence-electron chi connectivity index (χ1n) is 12.1. The minimum absolute atomic E-state index is 0.00199. The molecule has 10 heteroatoms. The third kappa shape index (κ3) is 4.65. The molecule has 0 unspecified atom stereocenters. The van der Waals surface area contributed by atoms with E-state index in [1.54, 1.807) is 12.4 Å². The summed E-state index contributed by atoms with van der Waals surface area (Å²) in [6.45, 7) is 5.35. The molecule has 1 saturated heterocycles. The Morgan fingerprint density at radius 1 is 1.11 bits per heavy atom. The van der Waals surface area contributed by atoms with E-state index in [0.717, 1.165) is 56.9 Å². The highest BCUT2D eigenvalue weighted by Crippen LogP contribution is 2.38. The number of urea groups is 1. The maximum atomic E-state index is 12.4. The average molecular weight is 549 g/mol. The average Bonchev–Trinajstić information content (AvgIpc) is 3.32. The molecule has 4 aromatic rings. The molecule has 2 amide bonds. The van der Waals surface area contributed by atoms with Gasteiger partial charge < -0.3 is 15.5 Å². The summed E-state index contributed by atoms with van der Waals surface area (Å²) < 4.78 is 2.73. The van der Waals surface area contributed by atoms with Crippen LogP contribution in [0.5, 0.6) is 0 Å². The van der Waals surface area contributed by atoms with Crippen molar-refractivity contribution in [2.45, 2.75) is 38.6 Å². The fourth-order valence-corrected chi connectivity index (χ4v) is 5.39. The number of fused-ring (bicyclic) bond motifs is 1. The molecule has 0 atom stereocenters. The highest BCUT2D eigenvalue weighted by Gasteiger charge is 2.28. The van der Waals surface area contributed by atoms with Crippen molar-refractivity contribution in [3.8, 4) is 22.4 Å². The molecular weight excluding hydrogens is 520 g/mol. The van der Waals surface area contributed by atoms with E-state index in [1.165, 1.54) is 0 Å². The lowest BCUT2D eigenvalue weighted by atomic mass is 9.93. The zero-order valence-electron chi connectivity index (χ0n) is 20.6. The largest absolute Gasteiger partial charge is 0.372 e. The number of pyridine rings is 2. The van der Waals surface area contributed by atoms with Crippen LogP contribution in [-0.4, -0.2) is 61.7 Å². The van der Waals surface area contributed by atoms with Gasteiger partial charge in [-0.3, -0.25) is 9.97 Å². The maximum Gasteiger partial charge on any atom is 0.317 e. The van der Waals surface area contributed by atoms with Gasteiger partial charge >= 0.3 is 6.03 Å². The molecule has 9 nitrogen and oxygen atoms in total. The minimum atomic E-state index is 0.00199. The number of hydrogen-bond donors (Lipinski definition) is 2. The summed E-state index contributed by atoms with van der Waals surface area (Å²) in [6, 6.07) is 8.06. The Balaban J connectivity index is 1.46. The van der Waals surface area contributed by atoms with E-state index in [2.05, 4.69) is 41.6 Å². The topological polar surface area (TPSA) is 100 Å². The van der Waals surface area contributed by atoms with Crippen LogP contribution < -0.4 is 10.6 Å². The van der Waals surface area contributed by atoms with E-state index in [4.69, 9.17) is 4.98 Å². The van der Waals surface area contributed by atoms with Gasteiger partial charge in [0.15, 0.2) is 5.65 Å². The molecule has 5 rings (SSSR count). The van der Waals surface area contributed by atoms with E-state index in [0.29, 0.717) is 13.1 Å². The Bertz CT molecular complexity index is 1360. The van der Waals surface area contributed by atoms with Crippen LogP contribution in [-0.2, 0) is 0 Å². The number of carbonyl (C=O) groups excluding carboxylic acids is 1. The van der Waals surface area contributed by atoms with E-state index in [9.17, 15) is 4.79 Å². The quantitative estimate of drug-likeness (QED) is 0.365. The van der Waals surface area contributed by atoms with Crippen LogP contribution in [0.3, 0.4) is 0 Å². The molecule has 36 heavy (non-hydrogen) atoms. The predicted molar refractivity (Wildman–Crippen MR) is 144 cm³/mol. The van der Waals surface area contributed by atoms with Crippen LogP contribution >= 0.6 is 15.9 Å². The third-order valence-electron chi connectivity index (χ3n) is 6.46. The number of halogens is 1. The van der Waals surface area contributed by atoms with Crippen molar-refractivity contribution in [1.29, 1.82) is 0 Å². The number of hydrogen-bond acceptors (Lipinski definition) is 6. The molecule has 5 heterocycles. The predicted octanol–water partition coefficient (Wildman–Crippen LogP) is 4.95. The van der Waals surface area contributed by atoms with Gasteiger partial charge in [0.1, 0.15) is 5.82 Å². The zero-order chi connectivity index (χ0) is 25.2. The number of nitrogens with zero attached hydrogens (tertiary/aromatic N) is 6. The van der Waals surface area contributed by atoms with Crippen molar-refractivity contribution in [2.24, 2.45) is 0 Å². The van der Waals surface area contributed by atoms with Crippen molar-refractivity contribution in [3.05, 3.63) is 59.2 Å². The van der Waals surface area contributed by atoms with Crippen molar-refractivity contribution >= 4 is 33.4 Å². The van der Waals surface area contributed by atoms with Crippen molar-refractivity contribution in [2.75, 3.05) is 25.5 Å². The number of likely N-dealkylation sites (tertiary alicyclic amines) is 1. The monoisotopic (exact) mass is 548 g/mol. The first-order chi connectivity index (χ1) is 17.5. The van der Waals surface area contributed by atoms with Gasteiger partial charge in [-0.25, -0.2) is 9.78 Å². The molecule has 1 aliphatic heterocycles. The Kier molecular flexibility index (Phi) is 6.86. The van der Waals surface area contributed by atoms with E-state index in [-0.39, 0.29) is 18.0 Å². The van der Waals surface area contributed by atoms with Gasteiger partial charge in [-0.05, 0) is 60.8 Å². The van der Waals surface area contributed by atoms with Crippen molar-refractivity contribution < 1.29 is 4.79 Å². The Morgan fingerprint density at radius 3 is 2.56 bits per heavy atom. The lowest BCUT2D eigenvalue weighted by molar-refractivity contribution is 0.178. The molecule has 0 aromatic carbocycles. The van der Waals surface area contributed by atoms with Gasteiger partial charge in [-0.15, -0.1) is 0 Å². The number of nitrogens with one attached hydrogen (secondary N) is 2. The summed E-state index contributed by atoms with van der Waals surface area (Å²) in [4.78, 5) is 28.3. The molecule has 0 saturated carbocycles. The second-order valence-electron chi connectivity index (χ2n) is 9.24. The Morgan fingerprint density at radius 2 is 1.92 bits per heavy atom. The van der Waals surface area contributed by atoms with Gasteiger partial charge in [-0.1, -0.05) is 6.07 Å². The molecule has 2 N–H and O–H groups in total. The smallest absolute Gasteiger partial charge is 0.317 e. The zero-order valence-corrected chi connectivity index (χ0v) is 22.2. The second kappa shape index (κ2) is 10.2. The SMILES string of the molecule is CNc1c(Br)c(C2CCN(C(=O)NC(C)C)CC2)nc2c(-c3ccc(-c4cccnc4)nc3)cnn12. The highest BCUT2D eigenvalue weighted by atomic mass is 79.9. The van der Waals surface area contributed by atoms with Crippen LogP contribution in [0.4, 0.5) is 10.6 Å². The van der Waals surface area contributed by atoms with Crippen LogP contribution in [0.25, 0.3) is 28.0 Å². The first-order valence-corrected chi connectivity index (χ1v) is 12.9. The molecule has 1 aliphatic rings. The summed E-state index contributed by atoms with van der Waals surface area (Å²) in [5, 5.41) is 10.9. The van der Waals surface area contributed by atoms with E-state index >= 15 is 0 Å². The normalized spacial score (nSPS) is 14.4.